The van der Waals surface area contributed by atoms with Gasteiger partial charge in [0.05, 0.1) is 36.4 Å². The minimum atomic E-state index is -0.591. The first-order valence-electron chi connectivity index (χ1n) is 14.6. The Bertz CT molecular complexity index is 1970. The Morgan fingerprint density at radius 2 is 1.43 bits per heavy atom. The lowest BCUT2D eigenvalue weighted by atomic mass is 10.0. The van der Waals surface area contributed by atoms with E-state index in [2.05, 4.69) is 9.88 Å². The average molecular weight is 628 g/mol. The van der Waals surface area contributed by atoms with Crippen LogP contribution in [-0.2, 0) is 14.3 Å². The van der Waals surface area contributed by atoms with Gasteiger partial charge in [0.1, 0.15) is 11.3 Å². The maximum Gasteiger partial charge on any atom is 0.338 e. The minimum Gasteiger partial charge on any atom is -0.497 e. The number of esters is 1. The van der Waals surface area contributed by atoms with Crippen molar-refractivity contribution in [2.75, 3.05) is 18.6 Å². The highest BCUT2D eigenvalue weighted by atomic mass is 32.1. The zero-order valence-corrected chi connectivity index (χ0v) is 25.9. The van der Waals surface area contributed by atoms with Crippen molar-refractivity contribution in [3.8, 4) is 34.0 Å². The maximum atomic E-state index is 14.0. The molecule has 1 N–H and O–H groups in total. The molecule has 6 rings (SSSR count). The predicted octanol–water partition coefficient (Wildman–Crippen LogP) is 6.83. The number of ether oxygens (including phenoxy) is 2. The summed E-state index contributed by atoms with van der Waals surface area (Å²) in [6, 6.07) is 35.5. The second-order valence-electron chi connectivity index (χ2n) is 10.3. The molecule has 2 amide bonds. The number of carbonyl (C=O) groups is 3. The standard InChI is InChI=1S/C37H29N3O5S/c1-3-45-36(43)26-14-16-28(17-15-26)39-32(24-10-6-4-7-11-24)23-27(33(39)25-12-8-5-9-13-25)22-31-34(41)38-37(46)40(35(31)42)29-18-20-30(44-2)21-19-29/h4-23H,3H2,1-2H3,(H,38,41,46)/b31-22-. The van der Waals surface area contributed by atoms with E-state index >= 15 is 0 Å². The first kappa shape index (κ1) is 30.2. The molecule has 4 aromatic carbocycles. The second-order valence-corrected chi connectivity index (χ2v) is 10.7. The molecule has 1 aromatic heterocycles. The number of nitrogens with one attached hydrogen (secondary N) is 1. The van der Waals surface area contributed by atoms with Gasteiger partial charge in [-0.1, -0.05) is 60.7 Å². The van der Waals surface area contributed by atoms with Gasteiger partial charge in [0.25, 0.3) is 11.8 Å². The Kier molecular flexibility index (Phi) is 8.58. The van der Waals surface area contributed by atoms with Crippen molar-refractivity contribution in [2.24, 2.45) is 0 Å². The lowest BCUT2D eigenvalue weighted by Gasteiger charge is -2.29. The zero-order valence-electron chi connectivity index (χ0n) is 25.1. The molecular formula is C37H29N3O5S. The summed E-state index contributed by atoms with van der Waals surface area (Å²) in [5, 5.41) is 2.67. The zero-order chi connectivity index (χ0) is 32.2. The Morgan fingerprint density at radius 3 is 2.04 bits per heavy atom. The second kappa shape index (κ2) is 13.1. The molecule has 8 nitrogen and oxygen atoms in total. The molecule has 1 aliphatic heterocycles. The van der Waals surface area contributed by atoms with E-state index in [1.54, 1.807) is 56.5 Å². The van der Waals surface area contributed by atoms with E-state index in [0.29, 0.717) is 22.6 Å². The van der Waals surface area contributed by atoms with Crippen molar-refractivity contribution in [2.45, 2.75) is 6.92 Å². The fourth-order valence-corrected chi connectivity index (χ4v) is 5.64. The van der Waals surface area contributed by atoms with Crippen LogP contribution in [0.25, 0.3) is 34.3 Å². The lowest BCUT2D eigenvalue weighted by molar-refractivity contribution is -0.122. The number of hydrogen-bond acceptors (Lipinski definition) is 6. The van der Waals surface area contributed by atoms with Crippen LogP contribution in [0.15, 0.2) is 121 Å². The van der Waals surface area contributed by atoms with Gasteiger partial charge in [0.2, 0.25) is 0 Å². The molecule has 46 heavy (non-hydrogen) atoms. The van der Waals surface area contributed by atoms with Crippen LogP contribution in [0.1, 0.15) is 22.8 Å². The van der Waals surface area contributed by atoms with Gasteiger partial charge in [-0.05, 0) is 90.9 Å². The van der Waals surface area contributed by atoms with Gasteiger partial charge in [-0.2, -0.15) is 0 Å². The number of thiocarbonyl (C=S) groups is 1. The molecule has 1 fully saturated rings. The third kappa shape index (κ3) is 5.83. The molecule has 0 radical (unpaired) electrons. The summed E-state index contributed by atoms with van der Waals surface area (Å²) in [6.45, 7) is 2.04. The number of hydrogen-bond donors (Lipinski definition) is 1. The Balaban J connectivity index is 1.55. The third-order valence-electron chi connectivity index (χ3n) is 7.52. The van der Waals surface area contributed by atoms with E-state index in [0.717, 1.165) is 28.2 Å². The summed E-state index contributed by atoms with van der Waals surface area (Å²) in [4.78, 5) is 41.0. The molecule has 0 bridgehead atoms. The molecule has 9 heteroatoms. The van der Waals surface area contributed by atoms with Crippen LogP contribution in [0.2, 0.25) is 0 Å². The molecule has 0 aliphatic carbocycles. The normalized spacial score (nSPS) is 13.9. The van der Waals surface area contributed by atoms with Crippen LogP contribution < -0.4 is 15.0 Å². The van der Waals surface area contributed by atoms with E-state index in [-0.39, 0.29) is 17.3 Å². The summed E-state index contributed by atoms with van der Waals surface area (Å²) < 4.78 is 12.5. The first-order chi connectivity index (χ1) is 22.4. The summed E-state index contributed by atoms with van der Waals surface area (Å²) in [5.41, 5.74) is 5.61. The van der Waals surface area contributed by atoms with Crippen molar-refractivity contribution in [1.82, 2.24) is 9.88 Å². The van der Waals surface area contributed by atoms with Crippen molar-refractivity contribution in [1.29, 1.82) is 0 Å². The smallest absolute Gasteiger partial charge is 0.338 e. The third-order valence-corrected chi connectivity index (χ3v) is 7.80. The molecule has 0 spiro atoms. The highest BCUT2D eigenvalue weighted by molar-refractivity contribution is 7.80. The maximum absolute atomic E-state index is 14.0. The molecular weight excluding hydrogens is 598 g/mol. The quantitative estimate of drug-likeness (QED) is 0.0879. The molecule has 1 aliphatic rings. The van der Waals surface area contributed by atoms with Crippen molar-refractivity contribution in [3.05, 3.63) is 132 Å². The van der Waals surface area contributed by atoms with Gasteiger partial charge in [0, 0.05) is 11.3 Å². The van der Waals surface area contributed by atoms with Gasteiger partial charge < -0.3 is 14.0 Å². The largest absolute Gasteiger partial charge is 0.497 e. The number of aromatic nitrogens is 1. The van der Waals surface area contributed by atoms with Gasteiger partial charge >= 0.3 is 5.97 Å². The van der Waals surface area contributed by atoms with Gasteiger partial charge in [0.15, 0.2) is 5.11 Å². The highest BCUT2D eigenvalue weighted by Crippen LogP contribution is 2.38. The summed E-state index contributed by atoms with van der Waals surface area (Å²) >= 11 is 5.42. The Hall–Kier alpha value is -5.80. The molecule has 228 valence electrons. The summed E-state index contributed by atoms with van der Waals surface area (Å²) in [7, 11) is 1.56. The monoisotopic (exact) mass is 627 g/mol. The van der Waals surface area contributed by atoms with Crippen molar-refractivity contribution in [3.63, 3.8) is 0 Å². The number of amides is 2. The number of carbonyl (C=O) groups excluding carboxylic acids is 3. The van der Waals surface area contributed by atoms with Gasteiger partial charge in [-0.25, -0.2) is 4.79 Å². The Morgan fingerprint density at radius 1 is 0.826 bits per heavy atom. The first-order valence-corrected chi connectivity index (χ1v) is 15.0. The van der Waals surface area contributed by atoms with E-state index < -0.39 is 17.8 Å². The molecule has 2 heterocycles. The van der Waals surface area contributed by atoms with E-state index in [9.17, 15) is 14.4 Å². The lowest BCUT2D eigenvalue weighted by Crippen LogP contribution is -2.54. The molecule has 0 unspecified atom stereocenters. The number of benzene rings is 4. The Labute approximate surface area is 271 Å². The van der Waals surface area contributed by atoms with Crippen LogP contribution in [0.4, 0.5) is 5.69 Å². The highest BCUT2D eigenvalue weighted by Gasteiger charge is 2.35. The minimum absolute atomic E-state index is 0.00941. The summed E-state index contributed by atoms with van der Waals surface area (Å²) in [6.07, 6.45) is 1.61. The van der Waals surface area contributed by atoms with Gasteiger partial charge in [-0.15, -0.1) is 0 Å². The number of anilines is 1. The number of rotatable bonds is 8. The average Bonchev–Trinajstić information content (AvgIpc) is 3.47. The molecule has 1 saturated heterocycles. The molecule has 0 atom stereocenters. The van der Waals surface area contributed by atoms with Crippen LogP contribution in [0.3, 0.4) is 0 Å². The fraction of sp³-hybridized carbons (Fsp3) is 0.0811. The van der Waals surface area contributed by atoms with Crippen LogP contribution >= 0.6 is 12.2 Å². The SMILES string of the molecule is CCOC(=O)c1ccc(-n2c(-c3ccccc3)cc(/C=C3/C(=O)NC(=S)N(c4ccc(OC)cc4)C3=O)c2-c2ccccc2)cc1. The predicted molar refractivity (Wildman–Crippen MR) is 182 cm³/mol. The van der Waals surface area contributed by atoms with Crippen LogP contribution in [0.5, 0.6) is 5.75 Å². The number of methoxy groups -OCH3 is 1. The van der Waals surface area contributed by atoms with E-state index in [1.807, 2.05) is 78.9 Å². The van der Waals surface area contributed by atoms with E-state index in [1.165, 1.54) is 4.90 Å². The van der Waals surface area contributed by atoms with Crippen LogP contribution in [-0.4, -0.2) is 41.2 Å². The van der Waals surface area contributed by atoms with Gasteiger partial charge in [-0.3, -0.25) is 19.8 Å². The van der Waals surface area contributed by atoms with Crippen LogP contribution in [0, 0.1) is 0 Å². The van der Waals surface area contributed by atoms with Crippen molar-refractivity contribution < 1.29 is 23.9 Å². The summed E-state index contributed by atoms with van der Waals surface area (Å²) in [5.74, 6) is -0.923. The molecule has 0 saturated carbocycles. The fourth-order valence-electron chi connectivity index (χ4n) is 5.36. The molecule has 5 aromatic rings. The van der Waals surface area contributed by atoms with E-state index in [4.69, 9.17) is 21.7 Å². The number of nitrogens with zero attached hydrogens (tertiary/aromatic N) is 2. The van der Waals surface area contributed by atoms with Crippen molar-refractivity contribution >= 4 is 46.9 Å². The topological polar surface area (TPSA) is 89.9 Å².